The number of carbonyl (C=O) groups excluding carboxylic acids is 1. The predicted octanol–water partition coefficient (Wildman–Crippen LogP) is 2.54. The number of hydrogen-bond acceptors (Lipinski definition) is 3. The zero-order valence-corrected chi connectivity index (χ0v) is 17.0. The van der Waals surface area contributed by atoms with Gasteiger partial charge >= 0.3 is 0 Å². The van der Waals surface area contributed by atoms with Crippen LogP contribution in [0, 0.1) is 5.92 Å². The fourth-order valence-electron chi connectivity index (χ4n) is 3.04. The molecule has 1 saturated heterocycles. The van der Waals surface area contributed by atoms with E-state index in [-0.39, 0.29) is 5.91 Å². The van der Waals surface area contributed by atoms with Gasteiger partial charge in [0.15, 0.2) is 5.96 Å². The lowest BCUT2D eigenvalue weighted by Crippen LogP contribution is -2.37. The van der Waals surface area contributed by atoms with E-state index in [1.165, 1.54) is 11.1 Å². The van der Waals surface area contributed by atoms with E-state index < -0.39 is 0 Å². The highest BCUT2D eigenvalue weighted by Gasteiger charge is 2.19. The molecule has 0 unspecified atom stereocenters. The lowest BCUT2D eigenvalue weighted by Gasteiger charge is -2.16. The highest BCUT2D eigenvalue weighted by molar-refractivity contribution is 5.79. The maximum Gasteiger partial charge on any atom is 0.222 e. The number of hydrogen-bond donors (Lipinski definition) is 2. The predicted molar refractivity (Wildman–Crippen MR) is 110 cm³/mol. The van der Waals surface area contributed by atoms with Crippen molar-refractivity contribution in [2.24, 2.45) is 10.9 Å². The SMILES string of the molecule is CN=C(NCCCOCC(C)C)NCc1cccc(CN2CCCC2=O)c1. The van der Waals surface area contributed by atoms with Crippen LogP contribution in [0.2, 0.25) is 0 Å². The summed E-state index contributed by atoms with van der Waals surface area (Å²) in [6, 6.07) is 8.38. The molecule has 0 aromatic heterocycles. The minimum Gasteiger partial charge on any atom is -0.381 e. The first-order valence-electron chi connectivity index (χ1n) is 9.96. The van der Waals surface area contributed by atoms with Gasteiger partial charge in [-0.05, 0) is 29.9 Å². The third kappa shape index (κ3) is 7.99. The Hall–Kier alpha value is -2.08. The van der Waals surface area contributed by atoms with Crippen molar-refractivity contribution in [3.63, 3.8) is 0 Å². The number of carbonyl (C=O) groups is 1. The van der Waals surface area contributed by atoms with E-state index in [1.807, 2.05) is 4.90 Å². The molecule has 27 heavy (non-hydrogen) atoms. The maximum absolute atomic E-state index is 11.8. The van der Waals surface area contributed by atoms with Crippen LogP contribution < -0.4 is 10.6 Å². The number of rotatable bonds is 10. The van der Waals surface area contributed by atoms with Crippen molar-refractivity contribution in [3.05, 3.63) is 35.4 Å². The van der Waals surface area contributed by atoms with Crippen LogP contribution in [-0.4, -0.2) is 50.1 Å². The third-order valence-electron chi connectivity index (χ3n) is 4.43. The molecule has 0 aliphatic carbocycles. The molecule has 150 valence electrons. The molecular weight excluding hydrogens is 340 g/mol. The Morgan fingerprint density at radius 1 is 1.30 bits per heavy atom. The van der Waals surface area contributed by atoms with E-state index >= 15 is 0 Å². The van der Waals surface area contributed by atoms with Gasteiger partial charge in [0.05, 0.1) is 0 Å². The summed E-state index contributed by atoms with van der Waals surface area (Å²) >= 11 is 0. The van der Waals surface area contributed by atoms with E-state index in [9.17, 15) is 4.79 Å². The monoisotopic (exact) mass is 374 g/mol. The zero-order valence-electron chi connectivity index (χ0n) is 17.0. The fourth-order valence-corrected chi connectivity index (χ4v) is 3.04. The molecule has 2 N–H and O–H groups in total. The molecule has 6 heteroatoms. The second-order valence-corrected chi connectivity index (χ2v) is 7.41. The summed E-state index contributed by atoms with van der Waals surface area (Å²) in [6.07, 6.45) is 2.61. The molecule has 1 aliphatic heterocycles. The molecule has 0 atom stereocenters. The summed E-state index contributed by atoms with van der Waals surface area (Å²) in [5.74, 6) is 1.63. The highest BCUT2D eigenvalue weighted by Crippen LogP contribution is 2.15. The minimum atomic E-state index is 0.264. The summed E-state index contributed by atoms with van der Waals surface area (Å²) in [5, 5.41) is 6.65. The van der Waals surface area contributed by atoms with Gasteiger partial charge < -0.3 is 20.3 Å². The lowest BCUT2D eigenvalue weighted by atomic mass is 10.1. The Kier molecular flexibility index (Phi) is 9.11. The number of nitrogens with one attached hydrogen (secondary N) is 2. The van der Waals surface area contributed by atoms with Gasteiger partial charge in [0.25, 0.3) is 0 Å². The fraction of sp³-hybridized carbons (Fsp3) is 0.619. The molecule has 0 spiro atoms. The molecule has 6 nitrogen and oxygen atoms in total. The van der Waals surface area contributed by atoms with Gasteiger partial charge in [0, 0.05) is 52.9 Å². The molecule has 1 aliphatic rings. The second-order valence-electron chi connectivity index (χ2n) is 7.41. The number of guanidine groups is 1. The summed E-state index contributed by atoms with van der Waals surface area (Å²) in [6.45, 7) is 8.99. The van der Waals surface area contributed by atoms with Gasteiger partial charge in [-0.2, -0.15) is 0 Å². The van der Waals surface area contributed by atoms with Gasteiger partial charge in [-0.25, -0.2) is 0 Å². The van der Waals surface area contributed by atoms with Crippen LogP contribution in [0.15, 0.2) is 29.3 Å². The number of aliphatic imine (C=N–C) groups is 1. The van der Waals surface area contributed by atoms with Crippen LogP contribution in [0.4, 0.5) is 0 Å². The largest absolute Gasteiger partial charge is 0.381 e. The number of nitrogens with zero attached hydrogens (tertiary/aromatic N) is 2. The van der Waals surface area contributed by atoms with E-state index in [0.29, 0.717) is 25.4 Å². The Balaban J connectivity index is 1.71. The molecule has 1 heterocycles. The topological polar surface area (TPSA) is 66.0 Å². The van der Waals surface area contributed by atoms with Crippen LogP contribution in [0.25, 0.3) is 0 Å². The Bertz CT molecular complexity index is 616. The number of amides is 1. The molecular formula is C21H34N4O2. The Morgan fingerprint density at radius 2 is 2.11 bits per heavy atom. The van der Waals surface area contributed by atoms with Crippen LogP contribution >= 0.6 is 0 Å². The molecule has 1 amide bonds. The molecule has 0 saturated carbocycles. The molecule has 1 fully saturated rings. The Morgan fingerprint density at radius 3 is 2.81 bits per heavy atom. The van der Waals surface area contributed by atoms with Gasteiger partial charge in [0.1, 0.15) is 0 Å². The molecule has 2 rings (SSSR count). The standard InChI is InChI=1S/C21H34N4O2/c1-17(2)16-27-12-6-10-23-21(22-3)24-14-18-7-4-8-19(13-18)15-25-11-5-9-20(25)26/h4,7-8,13,17H,5-6,9-12,14-16H2,1-3H3,(H2,22,23,24). The van der Waals surface area contributed by atoms with E-state index in [0.717, 1.165) is 45.1 Å². The molecule has 1 aromatic carbocycles. The van der Waals surface area contributed by atoms with Crippen molar-refractivity contribution in [1.29, 1.82) is 0 Å². The van der Waals surface area contributed by atoms with Gasteiger partial charge in [0.2, 0.25) is 5.91 Å². The normalized spacial score (nSPS) is 14.9. The number of likely N-dealkylation sites (tertiary alicyclic amines) is 1. The van der Waals surface area contributed by atoms with Crippen LogP contribution in [0.1, 0.15) is 44.2 Å². The lowest BCUT2D eigenvalue weighted by molar-refractivity contribution is -0.128. The molecule has 0 radical (unpaired) electrons. The van der Waals surface area contributed by atoms with Crippen molar-refractivity contribution in [3.8, 4) is 0 Å². The molecule has 0 bridgehead atoms. The van der Waals surface area contributed by atoms with Crippen LogP contribution in [0.3, 0.4) is 0 Å². The first kappa shape index (κ1) is 21.2. The number of benzene rings is 1. The smallest absolute Gasteiger partial charge is 0.222 e. The molecule has 1 aromatic rings. The summed E-state index contributed by atoms with van der Waals surface area (Å²) < 4.78 is 5.59. The van der Waals surface area contributed by atoms with Crippen molar-refractivity contribution in [2.75, 3.05) is 33.4 Å². The summed E-state index contributed by atoms with van der Waals surface area (Å²) in [7, 11) is 1.78. The zero-order chi connectivity index (χ0) is 19.5. The minimum absolute atomic E-state index is 0.264. The first-order valence-corrected chi connectivity index (χ1v) is 9.96. The van der Waals surface area contributed by atoms with Crippen LogP contribution in [0.5, 0.6) is 0 Å². The van der Waals surface area contributed by atoms with Crippen molar-refractivity contribution in [2.45, 2.75) is 46.2 Å². The first-order chi connectivity index (χ1) is 13.1. The van der Waals surface area contributed by atoms with Crippen molar-refractivity contribution >= 4 is 11.9 Å². The van der Waals surface area contributed by atoms with E-state index in [4.69, 9.17) is 4.74 Å². The number of ether oxygens (including phenoxy) is 1. The average Bonchev–Trinajstić information content (AvgIpc) is 3.05. The third-order valence-corrected chi connectivity index (χ3v) is 4.43. The van der Waals surface area contributed by atoms with Gasteiger partial charge in [-0.3, -0.25) is 9.79 Å². The van der Waals surface area contributed by atoms with Crippen molar-refractivity contribution < 1.29 is 9.53 Å². The Labute approximate surface area is 163 Å². The maximum atomic E-state index is 11.8. The van der Waals surface area contributed by atoms with E-state index in [2.05, 4.69) is 53.7 Å². The van der Waals surface area contributed by atoms with Crippen molar-refractivity contribution in [1.82, 2.24) is 15.5 Å². The van der Waals surface area contributed by atoms with Gasteiger partial charge in [-0.15, -0.1) is 0 Å². The highest BCUT2D eigenvalue weighted by atomic mass is 16.5. The quantitative estimate of drug-likeness (QED) is 0.375. The summed E-state index contributed by atoms with van der Waals surface area (Å²) in [4.78, 5) is 18.0. The van der Waals surface area contributed by atoms with Crippen LogP contribution in [-0.2, 0) is 22.6 Å². The average molecular weight is 375 g/mol. The summed E-state index contributed by atoms with van der Waals surface area (Å²) in [5.41, 5.74) is 2.36. The van der Waals surface area contributed by atoms with Gasteiger partial charge in [-0.1, -0.05) is 38.1 Å². The van der Waals surface area contributed by atoms with E-state index in [1.54, 1.807) is 7.05 Å². The second kappa shape index (κ2) is 11.6.